The van der Waals surface area contributed by atoms with Gasteiger partial charge in [-0.05, 0) is 24.6 Å². The molecule has 2 unspecified atom stereocenters. The number of fused-ring (bicyclic) bond motifs is 1. The summed E-state index contributed by atoms with van der Waals surface area (Å²) in [6.45, 7) is 1.87. The summed E-state index contributed by atoms with van der Waals surface area (Å²) in [7, 11) is 0. The van der Waals surface area contributed by atoms with Crippen molar-refractivity contribution in [3.63, 3.8) is 0 Å². The van der Waals surface area contributed by atoms with E-state index < -0.39 is 17.3 Å². The molecule has 1 aromatic heterocycles. The van der Waals surface area contributed by atoms with Gasteiger partial charge in [0.1, 0.15) is 0 Å². The van der Waals surface area contributed by atoms with E-state index in [0.717, 1.165) is 16.0 Å². The van der Waals surface area contributed by atoms with Gasteiger partial charge in [0, 0.05) is 5.56 Å². The quantitative estimate of drug-likeness (QED) is 0.712. The number of amides is 3. The Balaban J connectivity index is 1.48. The summed E-state index contributed by atoms with van der Waals surface area (Å²) in [6, 6.07) is 18.0. The van der Waals surface area contributed by atoms with E-state index in [9.17, 15) is 9.59 Å². The van der Waals surface area contributed by atoms with Crippen LogP contribution in [0, 0.1) is 5.92 Å². The van der Waals surface area contributed by atoms with E-state index in [2.05, 4.69) is 15.5 Å². The fourth-order valence-electron chi connectivity index (χ4n) is 3.57. The third kappa shape index (κ3) is 2.92. The number of imide groups is 1. The van der Waals surface area contributed by atoms with Crippen molar-refractivity contribution in [2.24, 2.45) is 5.92 Å². The van der Waals surface area contributed by atoms with E-state index in [1.54, 1.807) is 24.3 Å². The molecule has 0 radical (unpaired) electrons. The maximum absolute atomic E-state index is 13.2. The molecule has 2 aliphatic rings. The Labute approximate surface area is 170 Å². The molecule has 1 saturated heterocycles. The van der Waals surface area contributed by atoms with Crippen LogP contribution in [0.5, 0.6) is 0 Å². The zero-order valence-corrected chi connectivity index (χ0v) is 16.2. The number of para-hydroxylation sites is 1. The molecule has 0 bridgehead atoms. The molecule has 0 spiro atoms. The maximum Gasteiger partial charge on any atom is 0.329 e. The van der Waals surface area contributed by atoms with Crippen molar-refractivity contribution in [1.29, 1.82) is 0 Å². The molecule has 3 heterocycles. The number of carbonyl (C=O) groups excluding carboxylic acids is 2. The summed E-state index contributed by atoms with van der Waals surface area (Å²) < 4.78 is 5.48. The number of rotatable bonds is 3. The maximum atomic E-state index is 13.2. The van der Waals surface area contributed by atoms with Gasteiger partial charge < -0.3 is 9.84 Å². The Bertz CT molecular complexity index is 1130. The zero-order chi connectivity index (χ0) is 20.0. The molecule has 0 aliphatic carbocycles. The molecule has 3 aromatic rings. The van der Waals surface area contributed by atoms with Crippen LogP contribution < -0.4 is 10.2 Å². The van der Waals surface area contributed by atoms with Crippen molar-refractivity contribution in [3.8, 4) is 11.4 Å². The Morgan fingerprint density at radius 1 is 1.03 bits per heavy atom. The van der Waals surface area contributed by atoms with Crippen LogP contribution >= 0.6 is 11.8 Å². The van der Waals surface area contributed by atoms with Gasteiger partial charge >= 0.3 is 6.03 Å². The average Bonchev–Trinajstić information content (AvgIpc) is 3.34. The zero-order valence-electron chi connectivity index (χ0n) is 15.4. The van der Waals surface area contributed by atoms with Gasteiger partial charge in [-0.15, -0.1) is 0 Å². The molecule has 1 fully saturated rings. The minimum absolute atomic E-state index is 0.257. The molecule has 144 valence electrons. The number of anilines is 1. The van der Waals surface area contributed by atoms with Gasteiger partial charge in [-0.1, -0.05) is 65.4 Å². The van der Waals surface area contributed by atoms with Crippen LogP contribution in [0.3, 0.4) is 0 Å². The second kappa shape index (κ2) is 6.89. The van der Waals surface area contributed by atoms with Gasteiger partial charge in [-0.2, -0.15) is 4.98 Å². The predicted octanol–water partition coefficient (Wildman–Crippen LogP) is 3.91. The van der Waals surface area contributed by atoms with Gasteiger partial charge in [-0.3, -0.25) is 4.79 Å². The first-order chi connectivity index (χ1) is 14.1. The first-order valence-electron chi connectivity index (χ1n) is 9.10. The van der Waals surface area contributed by atoms with E-state index in [1.807, 2.05) is 43.3 Å². The summed E-state index contributed by atoms with van der Waals surface area (Å²) in [5.41, 5.74) is 2.21. The molecule has 3 amide bonds. The SMILES string of the molecule is CC1=C(c2nc(-c3ccccc3)no2)SC2NC(=O)N(c3ccccc3)C(=O)C12. The largest absolute Gasteiger partial charge is 0.333 e. The summed E-state index contributed by atoms with van der Waals surface area (Å²) in [5, 5.41) is 6.59. The van der Waals surface area contributed by atoms with E-state index in [4.69, 9.17) is 4.52 Å². The van der Waals surface area contributed by atoms with Crippen LogP contribution in [0.1, 0.15) is 12.8 Å². The lowest BCUT2D eigenvalue weighted by Gasteiger charge is -2.34. The number of hydrogen-bond acceptors (Lipinski definition) is 6. The average molecular weight is 404 g/mol. The Kier molecular flexibility index (Phi) is 4.21. The molecule has 7 nitrogen and oxygen atoms in total. The number of carbonyl (C=O) groups is 2. The number of aromatic nitrogens is 2. The van der Waals surface area contributed by atoms with Crippen LogP contribution in [-0.4, -0.2) is 27.5 Å². The minimum Gasteiger partial charge on any atom is -0.333 e. The molecule has 2 aliphatic heterocycles. The van der Waals surface area contributed by atoms with Crippen LogP contribution in [0.25, 0.3) is 16.3 Å². The number of urea groups is 1. The van der Waals surface area contributed by atoms with Crippen LogP contribution in [-0.2, 0) is 4.79 Å². The molecule has 2 atom stereocenters. The third-order valence-electron chi connectivity index (χ3n) is 4.99. The van der Waals surface area contributed by atoms with Crippen molar-refractivity contribution < 1.29 is 14.1 Å². The molecule has 5 rings (SSSR count). The number of nitrogens with zero attached hydrogens (tertiary/aromatic N) is 3. The van der Waals surface area contributed by atoms with Crippen LogP contribution in [0.2, 0.25) is 0 Å². The van der Waals surface area contributed by atoms with Crippen LogP contribution in [0.4, 0.5) is 10.5 Å². The van der Waals surface area contributed by atoms with E-state index in [1.165, 1.54) is 16.7 Å². The molecule has 0 saturated carbocycles. The second-order valence-corrected chi connectivity index (χ2v) is 7.93. The van der Waals surface area contributed by atoms with E-state index in [0.29, 0.717) is 17.4 Å². The van der Waals surface area contributed by atoms with Crippen molar-refractivity contribution in [1.82, 2.24) is 15.5 Å². The van der Waals surface area contributed by atoms with E-state index in [-0.39, 0.29) is 5.91 Å². The van der Waals surface area contributed by atoms with Crippen molar-refractivity contribution in [2.75, 3.05) is 4.90 Å². The van der Waals surface area contributed by atoms with Gasteiger partial charge in [0.15, 0.2) is 0 Å². The molecular formula is C21H16N4O3S. The molecule has 2 aromatic carbocycles. The standard InChI is InChI=1S/C21H16N4O3S/c1-12-15-19(23-21(27)25(20(15)26)14-10-6-3-7-11-14)29-16(12)18-22-17(24-28-18)13-8-4-2-5-9-13/h2-11,15,19H,1H3,(H,23,27). The number of hydrogen-bond donors (Lipinski definition) is 1. The number of nitrogens with one attached hydrogen (secondary N) is 1. The van der Waals surface area contributed by atoms with Crippen LogP contribution in [0.15, 0.2) is 70.8 Å². The fraction of sp³-hybridized carbons (Fsp3) is 0.143. The third-order valence-corrected chi connectivity index (χ3v) is 6.37. The van der Waals surface area contributed by atoms with Gasteiger partial charge in [0.05, 0.1) is 21.9 Å². The van der Waals surface area contributed by atoms with Gasteiger partial charge in [-0.25, -0.2) is 9.69 Å². The molecular weight excluding hydrogens is 388 g/mol. The van der Waals surface area contributed by atoms with Gasteiger partial charge in [0.25, 0.3) is 5.89 Å². The van der Waals surface area contributed by atoms with Gasteiger partial charge in [0.2, 0.25) is 11.7 Å². The normalized spacial score (nSPS) is 21.3. The fourth-order valence-corrected chi connectivity index (χ4v) is 4.94. The Hall–Kier alpha value is -3.39. The predicted molar refractivity (Wildman–Crippen MR) is 110 cm³/mol. The molecule has 8 heteroatoms. The second-order valence-electron chi connectivity index (χ2n) is 6.78. The Morgan fingerprint density at radius 2 is 1.72 bits per heavy atom. The minimum atomic E-state index is -0.486. The lowest BCUT2D eigenvalue weighted by molar-refractivity contribution is -0.121. The lowest BCUT2D eigenvalue weighted by atomic mass is 9.96. The highest BCUT2D eigenvalue weighted by Crippen LogP contribution is 2.48. The van der Waals surface area contributed by atoms with Crippen molar-refractivity contribution in [2.45, 2.75) is 12.3 Å². The summed E-state index contributed by atoms with van der Waals surface area (Å²) >= 11 is 1.37. The highest BCUT2D eigenvalue weighted by Gasteiger charge is 2.48. The molecule has 1 N–H and O–H groups in total. The first kappa shape index (κ1) is 17.7. The number of benzene rings is 2. The monoisotopic (exact) mass is 404 g/mol. The van der Waals surface area contributed by atoms with Crippen molar-refractivity contribution in [3.05, 3.63) is 72.1 Å². The highest BCUT2D eigenvalue weighted by molar-refractivity contribution is 8.09. The highest BCUT2D eigenvalue weighted by atomic mass is 32.2. The Morgan fingerprint density at radius 3 is 2.45 bits per heavy atom. The summed E-state index contributed by atoms with van der Waals surface area (Å²) in [4.78, 5) is 32.2. The van der Waals surface area contributed by atoms with E-state index >= 15 is 0 Å². The summed E-state index contributed by atoms with van der Waals surface area (Å²) in [6.07, 6.45) is 0. The first-order valence-corrected chi connectivity index (χ1v) is 9.98. The molecule has 29 heavy (non-hydrogen) atoms. The summed E-state index contributed by atoms with van der Waals surface area (Å²) in [5.74, 6) is 0.0967. The lowest BCUT2D eigenvalue weighted by Crippen LogP contribution is -2.58. The number of thioether (sulfide) groups is 1. The van der Waals surface area contributed by atoms with Crippen molar-refractivity contribution >= 4 is 34.3 Å². The smallest absolute Gasteiger partial charge is 0.329 e. The topological polar surface area (TPSA) is 88.3 Å².